The lowest BCUT2D eigenvalue weighted by Crippen LogP contribution is -2.20. The van der Waals surface area contributed by atoms with Gasteiger partial charge in [-0.05, 0) is 18.2 Å². The Balaban J connectivity index is 2.76. The molecule has 2 N–H and O–H groups in total. The van der Waals surface area contributed by atoms with Gasteiger partial charge in [0.2, 0.25) is 0 Å². The molecule has 1 heterocycles. The third-order valence-electron chi connectivity index (χ3n) is 2.01. The molecule has 0 bridgehead atoms. The first-order valence-corrected chi connectivity index (χ1v) is 6.83. The van der Waals surface area contributed by atoms with Crippen LogP contribution < -0.4 is 4.72 Å². The quantitative estimate of drug-likeness (QED) is 0.651. The fourth-order valence-electron chi connectivity index (χ4n) is 1.31. The number of amides is 1. The van der Waals surface area contributed by atoms with E-state index in [1.807, 2.05) is 0 Å². The maximum absolute atomic E-state index is 11.3. The van der Waals surface area contributed by atoms with Gasteiger partial charge in [0.15, 0.2) is 0 Å². The van der Waals surface area contributed by atoms with Crippen LogP contribution in [-0.2, 0) is 20.1 Å². The number of sulfonamides is 1. The summed E-state index contributed by atoms with van der Waals surface area (Å²) < 4.78 is 54.5. The Kier molecular flexibility index (Phi) is 2.09. The molecule has 0 radical (unpaired) electrons. The van der Waals surface area contributed by atoms with Crippen molar-refractivity contribution < 1.29 is 26.2 Å². The summed E-state index contributed by atoms with van der Waals surface area (Å²) in [6.45, 7) is 0. The van der Waals surface area contributed by atoms with Crippen LogP contribution in [0.2, 0.25) is 0 Å². The number of hydrogen-bond acceptors (Lipinski definition) is 5. The summed E-state index contributed by atoms with van der Waals surface area (Å²) in [5.74, 6) is -0.916. The molecule has 0 unspecified atom stereocenters. The molecule has 86 valence electrons. The zero-order valence-corrected chi connectivity index (χ0v) is 9.17. The first-order chi connectivity index (χ1) is 7.22. The minimum atomic E-state index is -4.46. The topological polar surface area (TPSA) is 118 Å². The van der Waals surface area contributed by atoms with Gasteiger partial charge in [0, 0.05) is 0 Å². The lowest BCUT2D eigenvalue weighted by atomic mass is 10.2. The molecular weight excluding hydrogens is 258 g/mol. The molecule has 7 nitrogen and oxygen atoms in total. The fourth-order valence-corrected chi connectivity index (χ4v) is 2.97. The van der Waals surface area contributed by atoms with Crippen molar-refractivity contribution in [2.45, 2.75) is 9.79 Å². The number of carbonyl (C=O) groups is 1. The minimum absolute atomic E-state index is 0.296. The lowest BCUT2D eigenvalue weighted by molar-refractivity contribution is 0.0985. The normalized spacial score (nSPS) is 17.9. The maximum atomic E-state index is 11.3. The molecule has 0 saturated heterocycles. The summed E-state index contributed by atoms with van der Waals surface area (Å²) in [4.78, 5) is 10.4. The van der Waals surface area contributed by atoms with E-state index in [0.717, 1.165) is 18.2 Å². The van der Waals surface area contributed by atoms with Gasteiger partial charge in [0.05, 0.1) is 10.5 Å². The van der Waals surface area contributed by atoms with Crippen LogP contribution in [0, 0.1) is 0 Å². The second-order valence-electron chi connectivity index (χ2n) is 3.07. The molecule has 0 saturated carbocycles. The Hall–Kier alpha value is -1.45. The first kappa shape index (κ1) is 11.0. The van der Waals surface area contributed by atoms with E-state index in [-0.39, 0.29) is 10.5 Å². The van der Waals surface area contributed by atoms with Crippen LogP contribution >= 0.6 is 0 Å². The van der Waals surface area contributed by atoms with E-state index in [9.17, 15) is 21.6 Å². The standard InChI is InChI=1S/C7H5NO6S2/c9-7-5-3-4(16(12,13)14)1-2-6(5)15(10,11)8-7/h1-3H,(H,8,9)(H,12,13,14). The zero-order chi connectivity index (χ0) is 12.1. The van der Waals surface area contributed by atoms with Crippen LogP contribution in [0.5, 0.6) is 0 Å². The number of carbonyl (C=O) groups excluding carboxylic acids is 1. The van der Waals surface area contributed by atoms with Gasteiger partial charge < -0.3 is 0 Å². The highest BCUT2D eigenvalue weighted by Gasteiger charge is 2.33. The fraction of sp³-hybridized carbons (Fsp3) is 0. The van der Waals surface area contributed by atoms with Crippen molar-refractivity contribution in [2.24, 2.45) is 0 Å². The van der Waals surface area contributed by atoms with Crippen molar-refractivity contribution in [2.75, 3.05) is 0 Å². The summed E-state index contributed by atoms with van der Waals surface area (Å²) >= 11 is 0. The molecule has 0 atom stereocenters. The average Bonchev–Trinajstić information content (AvgIpc) is 2.36. The van der Waals surface area contributed by atoms with Crippen molar-refractivity contribution in [1.82, 2.24) is 4.72 Å². The Labute approximate surface area is 90.9 Å². The predicted octanol–water partition coefficient (Wildman–Crippen LogP) is -0.635. The highest BCUT2D eigenvalue weighted by atomic mass is 32.2. The van der Waals surface area contributed by atoms with E-state index >= 15 is 0 Å². The second-order valence-corrected chi connectivity index (χ2v) is 6.14. The summed E-state index contributed by atoms with van der Waals surface area (Å²) in [6, 6.07) is 2.67. The lowest BCUT2D eigenvalue weighted by Gasteiger charge is -1.98. The van der Waals surface area contributed by atoms with Crippen molar-refractivity contribution in [3.63, 3.8) is 0 Å². The van der Waals surface area contributed by atoms with Gasteiger partial charge in [-0.25, -0.2) is 13.1 Å². The van der Waals surface area contributed by atoms with Crippen molar-refractivity contribution in [3.05, 3.63) is 23.8 Å². The average molecular weight is 263 g/mol. The van der Waals surface area contributed by atoms with Crippen LogP contribution in [0.3, 0.4) is 0 Å². The van der Waals surface area contributed by atoms with E-state index in [0.29, 0.717) is 0 Å². The monoisotopic (exact) mass is 263 g/mol. The largest absolute Gasteiger partial charge is 0.294 e. The Morgan fingerprint density at radius 3 is 2.44 bits per heavy atom. The third-order valence-corrected chi connectivity index (χ3v) is 4.25. The molecule has 1 amide bonds. The van der Waals surface area contributed by atoms with Gasteiger partial charge in [0.1, 0.15) is 4.90 Å². The maximum Gasteiger partial charge on any atom is 0.294 e. The van der Waals surface area contributed by atoms with Gasteiger partial charge in [-0.2, -0.15) is 8.42 Å². The van der Waals surface area contributed by atoms with E-state index < -0.39 is 30.9 Å². The number of nitrogens with one attached hydrogen (secondary N) is 1. The number of hydrogen-bond donors (Lipinski definition) is 2. The van der Waals surface area contributed by atoms with Crippen LogP contribution in [0.15, 0.2) is 28.0 Å². The molecule has 1 aromatic rings. The van der Waals surface area contributed by atoms with Crippen LogP contribution in [0.25, 0.3) is 0 Å². The number of benzene rings is 1. The molecule has 1 aliphatic rings. The van der Waals surface area contributed by atoms with E-state index in [4.69, 9.17) is 4.55 Å². The van der Waals surface area contributed by atoms with E-state index in [2.05, 4.69) is 0 Å². The Bertz CT molecular complexity index is 688. The van der Waals surface area contributed by atoms with Crippen molar-refractivity contribution in [1.29, 1.82) is 0 Å². The Morgan fingerprint density at radius 2 is 1.88 bits per heavy atom. The molecule has 0 fully saturated rings. The van der Waals surface area contributed by atoms with Crippen LogP contribution in [0.4, 0.5) is 0 Å². The summed E-state index contributed by atoms with van der Waals surface area (Å²) in [6.07, 6.45) is 0. The predicted molar refractivity (Wildman–Crippen MR) is 50.9 cm³/mol. The third kappa shape index (κ3) is 1.58. The summed E-state index contributed by atoms with van der Waals surface area (Å²) in [5.41, 5.74) is -0.296. The van der Waals surface area contributed by atoms with E-state index in [1.165, 1.54) is 0 Å². The second kappa shape index (κ2) is 3.03. The summed E-state index contributed by atoms with van der Waals surface area (Å²) in [5, 5.41) is 0. The van der Waals surface area contributed by atoms with Gasteiger partial charge in [-0.3, -0.25) is 9.35 Å². The number of rotatable bonds is 1. The molecule has 9 heteroatoms. The van der Waals surface area contributed by atoms with Crippen molar-refractivity contribution >= 4 is 26.0 Å². The smallest absolute Gasteiger partial charge is 0.282 e. The molecule has 0 spiro atoms. The van der Waals surface area contributed by atoms with E-state index in [1.54, 1.807) is 4.72 Å². The molecule has 16 heavy (non-hydrogen) atoms. The molecule has 0 aliphatic carbocycles. The molecular formula is C7H5NO6S2. The molecule has 1 aromatic carbocycles. The molecule has 0 aromatic heterocycles. The van der Waals surface area contributed by atoms with Gasteiger partial charge in [0.25, 0.3) is 26.0 Å². The van der Waals surface area contributed by atoms with Gasteiger partial charge in [-0.15, -0.1) is 0 Å². The number of fused-ring (bicyclic) bond motifs is 1. The molecule has 1 aliphatic heterocycles. The van der Waals surface area contributed by atoms with Crippen LogP contribution in [0.1, 0.15) is 10.4 Å². The SMILES string of the molecule is O=C1NS(=O)(=O)c2ccc(S(=O)(=O)O)cc21. The van der Waals surface area contributed by atoms with Gasteiger partial charge >= 0.3 is 0 Å². The highest BCUT2D eigenvalue weighted by Crippen LogP contribution is 2.24. The van der Waals surface area contributed by atoms with Crippen molar-refractivity contribution in [3.8, 4) is 0 Å². The highest BCUT2D eigenvalue weighted by molar-refractivity contribution is 7.90. The minimum Gasteiger partial charge on any atom is -0.282 e. The zero-order valence-electron chi connectivity index (χ0n) is 7.54. The summed E-state index contributed by atoms with van der Waals surface area (Å²) in [7, 11) is -8.35. The first-order valence-electron chi connectivity index (χ1n) is 3.90. The molecule has 2 rings (SSSR count). The van der Waals surface area contributed by atoms with Crippen LogP contribution in [-0.4, -0.2) is 27.3 Å². The van der Waals surface area contributed by atoms with Gasteiger partial charge in [-0.1, -0.05) is 0 Å². The Morgan fingerprint density at radius 1 is 1.25 bits per heavy atom.